The van der Waals surface area contributed by atoms with Crippen molar-refractivity contribution >= 4 is 15.7 Å². The lowest BCUT2D eigenvalue weighted by Crippen LogP contribution is -2.44. The molecule has 1 aliphatic rings. The maximum absolute atomic E-state index is 11.8. The average Bonchev–Trinajstić information content (AvgIpc) is 1.96. The van der Waals surface area contributed by atoms with E-state index < -0.39 is 9.84 Å². The molecule has 0 aromatic heterocycles. The number of amides is 1. The van der Waals surface area contributed by atoms with E-state index in [1.165, 1.54) is 6.26 Å². The third kappa shape index (κ3) is 3.48. The van der Waals surface area contributed by atoms with Crippen LogP contribution in [0.25, 0.3) is 0 Å². The van der Waals surface area contributed by atoms with Gasteiger partial charge in [0.2, 0.25) is 5.91 Å². The minimum atomic E-state index is -3.01. The molecule has 0 aliphatic heterocycles. The maximum Gasteiger partial charge on any atom is 0.225 e. The van der Waals surface area contributed by atoms with E-state index in [4.69, 9.17) is 0 Å². The molecule has 15 heavy (non-hydrogen) atoms. The molecule has 1 atom stereocenters. The highest BCUT2D eigenvalue weighted by molar-refractivity contribution is 7.90. The van der Waals surface area contributed by atoms with E-state index in [1.807, 2.05) is 0 Å². The van der Waals surface area contributed by atoms with Gasteiger partial charge < -0.3 is 4.90 Å². The Morgan fingerprint density at radius 3 is 2.33 bits per heavy atom. The van der Waals surface area contributed by atoms with E-state index in [0.717, 1.165) is 19.3 Å². The molecule has 0 heterocycles. The van der Waals surface area contributed by atoms with Crippen LogP contribution in [0.3, 0.4) is 0 Å². The van der Waals surface area contributed by atoms with Gasteiger partial charge in [-0.15, -0.1) is 0 Å². The van der Waals surface area contributed by atoms with Crippen LogP contribution in [0.2, 0.25) is 0 Å². The van der Waals surface area contributed by atoms with Gasteiger partial charge in [-0.25, -0.2) is 8.42 Å². The van der Waals surface area contributed by atoms with Crippen LogP contribution in [-0.2, 0) is 14.6 Å². The van der Waals surface area contributed by atoms with Crippen LogP contribution < -0.4 is 0 Å². The van der Waals surface area contributed by atoms with Crippen LogP contribution in [0.4, 0.5) is 0 Å². The number of carbonyl (C=O) groups is 1. The zero-order chi connectivity index (χ0) is 11.6. The summed E-state index contributed by atoms with van der Waals surface area (Å²) >= 11 is 0. The predicted molar refractivity (Wildman–Crippen MR) is 59.3 cm³/mol. The fourth-order valence-corrected chi connectivity index (χ4v) is 2.81. The molecule has 1 fully saturated rings. The van der Waals surface area contributed by atoms with Crippen LogP contribution in [-0.4, -0.2) is 44.3 Å². The lowest BCUT2D eigenvalue weighted by Gasteiger charge is -2.32. The van der Waals surface area contributed by atoms with Crippen LogP contribution >= 0.6 is 0 Å². The summed E-state index contributed by atoms with van der Waals surface area (Å²) in [7, 11) is -1.32. The van der Waals surface area contributed by atoms with Crippen molar-refractivity contribution in [2.45, 2.75) is 32.2 Å². The quantitative estimate of drug-likeness (QED) is 0.717. The number of hydrogen-bond donors (Lipinski definition) is 0. The molecular weight excluding hydrogens is 214 g/mol. The number of rotatable bonds is 4. The molecule has 4 nitrogen and oxygen atoms in total. The molecule has 0 bridgehead atoms. The molecule has 0 spiro atoms. The van der Waals surface area contributed by atoms with Crippen molar-refractivity contribution in [1.29, 1.82) is 0 Å². The first-order valence-electron chi connectivity index (χ1n) is 5.25. The standard InChI is InChI=1S/C10H19NO3S/c1-8(7-15(3,13)14)11(2)10(12)9-5-4-6-9/h8-9H,4-7H2,1-3H3/t8-/m1/s1. The summed E-state index contributed by atoms with van der Waals surface area (Å²) in [6, 6.07) is -0.229. The molecule has 1 amide bonds. The van der Waals surface area contributed by atoms with E-state index in [2.05, 4.69) is 0 Å². The molecule has 0 unspecified atom stereocenters. The monoisotopic (exact) mass is 233 g/mol. The number of nitrogens with zero attached hydrogens (tertiary/aromatic N) is 1. The number of sulfone groups is 1. The number of carbonyl (C=O) groups excluding carboxylic acids is 1. The van der Waals surface area contributed by atoms with E-state index in [1.54, 1.807) is 18.9 Å². The Morgan fingerprint density at radius 2 is 2.00 bits per heavy atom. The molecule has 1 aliphatic carbocycles. The minimum absolute atomic E-state index is 0.0436. The first-order chi connectivity index (χ1) is 6.81. The molecule has 1 rings (SSSR count). The number of hydrogen-bond acceptors (Lipinski definition) is 3. The molecule has 1 saturated carbocycles. The second-order valence-corrected chi connectivity index (χ2v) is 6.70. The van der Waals surface area contributed by atoms with Gasteiger partial charge in [-0.3, -0.25) is 4.79 Å². The lowest BCUT2D eigenvalue weighted by atomic mass is 9.84. The van der Waals surface area contributed by atoms with Crippen molar-refractivity contribution < 1.29 is 13.2 Å². The highest BCUT2D eigenvalue weighted by atomic mass is 32.2. The third-order valence-corrected chi connectivity index (χ3v) is 4.10. The second-order valence-electron chi connectivity index (χ2n) is 4.52. The van der Waals surface area contributed by atoms with Crippen LogP contribution in [0, 0.1) is 5.92 Å². The van der Waals surface area contributed by atoms with E-state index in [-0.39, 0.29) is 23.6 Å². The molecule has 0 radical (unpaired) electrons. The summed E-state index contributed by atoms with van der Waals surface area (Å²) in [5, 5.41) is 0. The maximum atomic E-state index is 11.8. The summed E-state index contributed by atoms with van der Waals surface area (Å²) < 4.78 is 22.2. The van der Waals surface area contributed by atoms with Gasteiger partial charge in [0, 0.05) is 25.3 Å². The Labute approximate surface area is 91.6 Å². The van der Waals surface area contributed by atoms with Gasteiger partial charge in [0.25, 0.3) is 0 Å². The fraction of sp³-hybridized carbons (Fsp3) is 0.900. The van der Waals surface area contributed by atoms with Gasteiger partial charge >= 0.3 is 0 Å². The van der Waals surface area contributed by atoms with Gasteiger partial charge in [-0.05, 0) is 19.8 Å². The normalized spacial score (nSPS) is 19.4. The zero-order valence-electron chi connectivity index (χ0n) is 9.56. The van der Waals surface area contributed by atoms with Crippen molar-refractivity contribution in [2.75, 3.05) is 19.1 Å². The topological polar surface area (TPSA) is 54.5 Å². The Morgan fingerprint density at radius 1 is 1.47 bits per heavy atom. The Balaban J connectivity index is 2.51. The van der Waals surface area contributed by atoms with Gasteiger partial charge in [-0.1, -0.05) is 6.42 Å². The summed E-state index contributed by atoms with van der Waals surface area (Å²) in [5.41, 5.74) is 0. The molecule has 5 heteroatoms. The van der Waals surface area contributed by atoms with Crippen LogP contribution in [0.1, 0.15) is 26.2 Å². The van der Waals surface area contributed by atoms with E-state index in [0.29, 0.717) is 0 Å². The Hall–Kier alpha value is -0.580. The largest absolute Gasteiger partial charge is 0.342 e. The van der Waals surface area contributed by atoms with Crippen molar-refractivity contribution in [3.8, 4) is 0 Å². The summed E-state index contributed by atoms with van der Waals surface area (Å²) in [5.74, 6) is 0.275. The zero-order valence-corrected chi connectivity index (χ0v) is 10.4. The van der Waals surface area contributed by atoms with Gasteiger partial charge in [-0.2, -0.15) is 0 Å². The molecule has 0 aromatic rings. The fourth-order valence-electron chi connectivity index (χ4n) is 1.71. The molecule has 88 valence electrons. The molecule has 0 aromatic carbocycles. The summed E-state index contributed by atoms with van der Waals surface area (Å²) in [4.78, 5) is 13.4. The smallest absolute Gasteiger partial charge is 0.225 e. The van der Waals surface area contributed by atoms with Gasteiger partial charge in [0.1, 0.15) is 9.84 Å². The second kappa shape index (κ2) is 4.51. The lowest BCUT2D eigenvalue weighted by molar-refractivity contribution is -0.138. The molecule has 0 saturated heterocycles. The van der Waals surface area contributed by atoms with Crippen molar-refractivity contribution in [3.05, 3.63) is 0 Å². The third-order valence-electron chi connectivity index (χ3n) is 3.01. The SMILES string of the molecule is C[C@H](CS(C)(=O)=O)N(C)C(=O)C1CCC1. The highest BCUT2D eigenvalue weighted by Crippen LogP contribution is 2.28. The predicted octanol–water partition coefficient (Wildman–Crippen LogP) is 0.678. The molecular formula is C10H19NO3S. The van der Waals surface area contributed by atoms with Gasteiger partial charge in [0.05, 0.1) is 5.75 Å². The van der Waals surface area contributed by atoms with Crippen molar-refractivity contribution in [2.24, 2.45) is 5.92 Å². The van der Waals surface area contributed by atoms with Crippen LogP contribution in [0.5, 0.6) is 0 Å². The first-order valence-corrected chi connectivity index (χ1v) is 7.31. The summed E-state index contributed by atoms with van der Waals surface area (Å²) in [6.07, 6.45) is 4.22. The molecule has 0 N–H and O–H groups in total. The van der Waals surface area contributed by atoms with Crippen molar-refractivity contribution in [1.82, 2.24) is 4.90 Å². The van der Waals surface area contributed by atoms with Crippen LogP contribution in [0.15, 0.2) is 0 Å². The summed E-state index contributed by atoms with van der Waals surface area (Å²) in [6.45, 7) is 1.78. The Bertz CT molecular complexity index is 333. The van der Waals surface area contributed by atoms with Crippen molar-refractivity contribution in [3.63, 3.8) is 0 Å². The minimum Gasteiger partial charge on any atom is -0.342 e. The van der Waals surface area contributed by atoms with E-state index in [9.17, 15) is 13.2 Å². The van der Waals surface area contributed by atoms with Gasteiger partial charge in [0.15, 0.2) is 0 Å². The van der Waals surface area contributed by atoms with E-state index >= 15 is 0 Å². The average molecular weight is 233 g/mol. The Kier molecular flexibility index (Phi) is 3.76. The first kappa shape index (κ1) is 12.5. The highest BCUT2D eigenvalue weighted by Gasteiger charge is 2.30.